The van der Waals surface area contributed by atoms with Gasteiger partial charge >= 0.3 is 0 Å². The minimum absolute atomic E-state index is 0.488. The molecule has 0 saturated carbocycles. The summed E-state index contributed by atoms with van der Waals surface area (Å²) >= 11 is 5.89. The van der Waals surface area contributed by atoms with Gasteiger partial charge in [-0.05, 0) is 12.8 Å². The van der Waals surface area contributed by atoms with Crippen LogP contribution in [0.25, 0.3) is 0 Å². The van der Waals surface area contributed by atoms with Gasteiger partial charge in [-0.2, -0.15) is 0 Å². The van der Waals surface area contributed by atoms with Crippen LogP contribution in [0.3, 0.4) is 0 Å². The van der Waals surface area contributed by atoms with Crippen LogP contribution in [0.15, 0.2) is 6.07 Å². The van der Waals surface area contributed by atoms with Crippen LogP contribution in [-0.4, -0.2) is 29.7 Å². The minimum Gasteiger partial charge on any atom is -0.381 e. The zero-order valence-corrected chi connectivity index (χ0v) is 11.3. The quantitative estimate of drug-likeness (QED) is 0.575. The molecular formula is C12H20ClN3O. The van der Waals surface area contributed by atoms with E-state index >= 15 is 0 Å². The van der Waals surface area contributed by atoms with Gasteiger partial charge in [0.1, 0.15) is 16.8 Å². The summed E-state index contributed by atoms with van der Waals surface area (Å²) in [4.78, 5) is 8.45. The third kappa shape index (κ3) is 5.84. The monoisotopic (exact) mass is 257 g/mol. The van der Waals surface area contributed by atoms with E-state index in [0.29, 0.717) is 5.15 Å². The Morgan fingerprint density at radius 1 is 1.29 bits per heavy atom. The van der Waals surface area contributed by atoms with E-state index < -0.39 is 0 Å². The lowest BCUT2D eigenvalue weighted by atomic mass is 10.4. The Labute approximate surface area is 108 Å². The lowest BCUT2D eigenvalue weighted by Gasteiger charge is -2.07. The van der Waals surface area contributed by atoms with Gasteiger partial charge in [0.2, 0.25) is 0 Å². The van der Waals surface area contributed by atoms with Crippen LogP contribution in [0.4, 0.5) is 5.82 Å². The molecule has 1 N–H and O–H groups in total. The predicted molar refractivity (Wildman–Crippen MR) is 70.6 cm³/mol. The summed E-state index contributed by atoms with van der Waals surface area (Å²) in [6.45, 7) is 6.56. The van der Waals surface area contributed by atoms with E-state index in [9.17, 15) is 0 Å². The highest BCUT2D eigenvalue weighted by molar-refractivity contribution is 6.29. The Morgan fingerprint density at radius 2 is 2.12 bits per heavy atom. The van der Waals surface area contributed by atoms with Crippen LogP contribution >= 0.6 is 11.6 Å². The van der Waals surface area contributed by atoms with Crippen molar-refractivity contribution in [3.05, 3.63) is 17.0 Å². The summed E-state index contributed by atoms with van der Waals surface area (Å²) in [6, 6.07) is 1.74. The molecule has 17 heavy (non-hydrogen) atoms. The lowest BCUT2D eigenvalue weighted by Crippen LogP contribution is -2.08. The highest BCUT2D eigenvalue weighted by atomic mass is 35.5. The average Bonchev–Trinajstić information content (AvgIpc) is 2.33. The fraction of sp³-hybridized carbons (Fsp3) is 0.667. The topological polar surface area (TPSA) is 47.0 Å². The second kappa shape index (κ2) is 8.25. The lowest BCUT2D eigenvalue weighted by molar-refractivity contribution is 0.134. The fourth-order valence-corrected chi connectivity index (χ4v) is 1.55. The van der Waals surface area contributed by atoms with E-state index in [2.05, 4.69) is 22.2 Å². The molecule has 96 valence electrons. The van der Waals surface area contributed by atoms with Crippen molar-refractivity contribution in [3.63, 3.8) is 0 Å². The summed E-state index contributed by atoms with van der Waals surface area (Å²) < 4.78 is 5.39. The molecule has 4 nitrogen and oxygen atoms in total. The Hall–Kier alpha value is -0.870. The Balaban J connectivity index is 2.28. The first-order valence-electron chi connectivity index (χ1n) is 6.11. The van der Waals surface area contributed by atoms with Crippen LogP contribution in [0.2, 0.25) is 5.15 Å². The van der Waals surface area contributed by atoms with Crippen molar-refractivity contribution in [2.75, 3.05) is 25.1 Å². The molecule has 0 aliphatic rings. The summed E-state index contributed by atoms with van der Waals surface area (Å²) in [7, 11) is 0. The molecule has 1 rings (SSSR count). The first-order chi connectivity index (χ1) is 8.26. The van der Waals surface area contributed by atoms with Crippen LogP contribution in [0.5, 0.6) is 0 Å². The van der Waals surface area contributed by atoms with E-state index in [-0.39, 0.29) is 0 Å². The number of aryl methyl sites for hydroxylation is 1. The van der Waals surface area contributed by atoms with Gasteiger partial charge < -0.3 is 10.1 Å². The van der Waals surface area contributed by atoms with E-state index in [1.807, 2.05) is 6.92 Å². The van der Waals surface area contributed by atoms with Gasteiger partial charge in [0.05, 0.1) is 0 Å². The molecule has 0 fully saturated rings. The molecule has 1 aromatic rings. The van der Waals surface area contributed by atoms with Crippen molar-refractivity contribution in [3.8, 4) is 0 Å². The number of rotatable bonds is 8. The number of aromatic nitrogens is 2. The smallest absolute Gasteiger partial charge is 0.134 e. The predicted octanol–water partition coefficient (Wildman–Crippen LogP) is 2.92. The number of anilines is 1. The molecule has 0 aliphatic heterocycles. The number of ether oxygens (including phenoxy) is 1. The van der Waals surface area contributed by atoms with Crippen LogP contribution in [0, 0.1) is 0 Å². The molecule has 0 amide bonds. The summed E-state index contributed by atoms with van der Waals surface area (Å²) in [5, 5.41) is 3.71. The third-order valence-electron chi connectivity index (χ3n) is 2.18. The average molecular weight is 258 g/mol. The molecule has 0 radical (unpaired) electrons. The van der Waals surface area contributed by atoms with Crippen molar-refractivity contribution in [2.45, 2.75) is 33.1 Å². The maximum absolute atomic E-state index is 5.89. The second-order valence-corrected chi connectivity index (χ2v) is 4.13. The zero-order chi connectivity index (χ0) is 12.5. The maximum Gasteiger partial charge on any atom is 0.134 e. The van der Waals surface area contributed by atoms with E-state index in [0.717, 1.165) is 50.7 Å². The van der Waals surface area contributed by atoms with Gasteiger partial charge in [0.15, 0.2) is 0 Å². The number of hydrogen-bond acceptors (Lipinski definition) is 4. The fourth-order valence-electron chi connectivity index (χ4n) is 1.35. The molecular weight excluding hydrogens is 238 g/mol. The number of nitrogens with zero attached hydrogens (tertiary/aromatic N) is 2. The second-order valence-electron chi connectivity index (χ2n) is 3.74. The minimum atomic E-state index is 0.488. The summed E-state index contributed by atoms with van der Waals surface area (Å²) in [5.74, 6) is 1.56. The largest absolute Gasteiger partial charge is 0.381 e. The molecule has 0 aromatic carbocycles. The van der Waals surface area contributed by atoms with Gasteiger partial charge in [0, 0.05) is 32.2 Å². The molecule has 0 saturated heterocycles. The highest BCUT2D eigenvalue weighted by Gasteiger charge is 2.00. The Bertz CT molecular complexity index is 334. The van der Waals surface area contributed by atoms with E-state index in [1.165, 1.54) is 0 Å². The van der Waals surface area contributed by atoms with E-state index in [1.54, 1.807) is 6.07 Å². The summed E-state index contributed by atoms with van der Waals surface area (Å²) in [5.41, 5.74) is 0. The number of halogens is 1. The molecule has 1 aromatic heterocycles. The molecule has 0 atom stereocenters. The number of nitrogens with one attached hydrogen (secondary N) is 1. The van der Waals surface area contributed by atoms with E-state index in [4.69, 9.17) is 16.3 Å². The number of hydrogen-bond donors (Lipinski definition) is 1. The van der Waals surface area contributed by atoms with Crippen molar-refractivity contribution in [1.29, 1.82) is 0 Å². The van der Waals surface area contributed by atoms with Crippen LogP contribution < -0.4 is 5.32 Å². The van der Waals surface area contributed by atoms with Gasteiger partial charge in [-0.3, -0.25) is 0 Å². The van der Waals surface area contributed by atoms with Gasteiger partial charge in [-0.15, -0.1) is 0 Å². The third-order valence-corrected chi connectivity index (χ3v) is 2.37. The normalized spacial score (nSPS) is 10.5. The molecule has 5 heteroatoms. The van der Waals surface area contributed by atoms with Gasteiger partial charge in [-0.1, -0.05) is 25.4 Å². The van der Waals surface area contributed by atoms with Crippen molar-refractivity contribution >= 4 is 17.4 Å². The van der Waals surface area contributed by atoms with Crippen LogP contribution in [0.1, 0.15) is 32.5 Å². The summed E-state index contributed by atoms with van der Waals surface area (Å²) in [6.07, 6.45) is 2.81. The molecule has 0 aliphatic carbocycles. The Morgan fingerprint density at radius 3 is 2.82 bits per heavy atom. The van der Waals surface area contributed by atoms with Crippen molar-refractivity contribution in [1.82, 2.24) is 9.97 Å². The molecule has 0 spiro atoms. The standard InChI is InChI=1S/C12H20ClN3O/c1-3-7-17-8-5-6-14-12-9-10(13)15-11(4-2)16-12/h9H,3-8H2,1-2H3,(H,14,15,16). The van der Waals surface area contributed by atoms with Crippen molar-refractivity contribution < 1.29 is 4.74 Å². The Kier molecular flexibility index (Phi) is 6.89. The first-order valence-corrected chi connectivity index (χ1v) is 6.49. The van der Waals surface area contributed by atoms with Crippen molar-refractivity contribution in [2.24, 2.45) is 0 Å². The maximum atomic E-state index is 5.89. The van der Waals surface area contributed by atoms with Gasteiger partial charge in [-0.25, -0.2) is 9.97 Å². The highest BCUT2D eigenvalue weighted by Crippen LogP contribution is 2.11. The molecule has 1 heterocycles. The molecule has 0 unspecified atom stereocenters. The van der Waals surface area contributed by atoms with Crippen LogP contribution in [-0.2, 0) is 11.2 Å². The zero-order valence-electron chi connectivity index (χ0n) is 10.5. The SMILES string of the molecule is CCCOCCCNc1cc(Cl)nc(CC)n1. The molecule has 0 bridgehead atoms. The first kappa shape index (κ1) is 14.2. The van der Waals surface area contributed by atoms with Gasteiger partial charge in [0.25, 0.3) is 0 Å².